The minimum Gasteiger partial charge on any atom is -0.343 e. The molecule has 1 amide bonds. The average Bonchev–Trinajstić information content (AvgIpc) is 3.18. The van der Waals surface area contributed by atoms with Crippen molar-refractivity contribution >= 4 is 23.2 Å². The number of aromatic nitrogens is 2. The van der Waals surface area contributed by atoms with E-state index in [0.717, 1.165) is 35.2 Å². The lowest BCUT2D eigenvalue weighted by Crippen LogP contribution is -2.32. The molecule has 7 heteroatoms. The normalized spacial score (nSPS) is 17.6. The van der Waals surface area contributed by atoms with E-state index in [4.69, 9.17) is 0 Å². The Hall–Kier alpha value is -3.74. The number of amides is 1. The zero-order chi connectivity index (χ0) is 21.5. The van der Waals surface area contributed by atoms with E-state index in [1.165, 1.54) is 30.5 Å². The van der Waals surface area contributed by atoms with E-state index in [0.29, 0.717) is 23.5 Å². The van der Waals surface area contributed by atoms with Gasteiger partial charge in [0.05, 0.1) is 6.20 Å². The summed E-state index contributed by atoms with van der Waals surface area (Å²) in [5, 5.41) is 10.6. The third-order valence-corrected chi connectivity index (χ3v) is 5.87. The average molecular weight is 416 g/mol. The number of aryl methyl sites for hydroxylation is 1. The quantitative estimate of drug-likeness (QED) is 0.654. The molecule has 6 nitrogen and oxygen atoms in total. The number of hydrogen-bond acceptors (Lipinski definition) is 4. The van der Waals surface area contributed by atoms with Crippen LogP contribution in [0.4, 0.5) is 15.9 Å². The monoisotopic (exact) mass is 416 g/mol. The first kappa shape index (κ1) is 19.2. The van der Waals surface area contributed by atoms with Crippen molar-refractivity contribution in [3.05, 3.63) is 88.5 Å². The molecule has 156 valence electrons. The van der Waals surface area contributed by atoms with E-state index in [-0.39, 0.29) is 23.5 Å². The van der Waals surface area contributed by atoms with Crippen molar-refractivity contribution in [1.29, 1.82) is 0 Å². The molecule has 0 unspecified atom stereocenters. The minimum absolute atomic E-state index is 0.112. The van der Waals surface area contributed by atoms with E-state index in [9.17, 15) is 14.0 Å². The molecule has 5 rings (SSSR count). The molecule has 0 fully saturated rings. The van der Waals surface area contributed by atoms with Gasteiger partial charge in [-0.3, -0.25) is 9.59 Å². The highest BCUT2D eigenvalue weighted by Gasteiger charge is 2.38. The molecule has 1 aromatic heterocycles. The van der Waals surface area contributed by atoms with Crippen molar-refractivity contribution in [2.75, 3.05) is 10.6 Å². The fourth-order valence-corrected chi connectivity index (χ4v) is 4.34. The highest BCUT2D eigenvalue weighted by atomic mass is 19.1. The SMILES string of the molecule is Cc1ccccc1[C@@H]1C2=C(CCCC2=O)Nc2c(C(=O)Nc3ccc(F)cc3)cnn21. The predicted octanol–water partition coefficient (Wildman–Crippen LogP) is 4.60. The van der Waals surface area contributed by atoms with Gasteiger partial charge in [-0.05, 0) is 55.2 Å². The van der Waals surface area contributed by atoms with Crippen LogP contribution in [0.25, 0.3) is 0 Å². The van der Waals surface area contributed by atoms with Crippen LogP contribution >= 0.6 is 0 Å². The number of carbonyl (C=O) groups is 2. The second-order valence-corrected chi connectivity index (χ2v) is 7.87. The third kappa shape index (κ3) is 3.32. The molecule has 1 atom stereocenters. The molecule has 1 aliphatic carbocycles. The van der Waals surface area contributed by atoms with Crippen molar-refractivity contribution < 1.29 is 14.0 Å². The molecule has 0 bridgehead atoms. The number of rotatable bonds is 3. The molecule has 0 saturated carbocycles. The summed E-state index contributed by atoms with van der Waals surface area (Å²) in [5.74, 6) is -0.0538. The molecule has 2 aromatic carbocycles. The topological polar surface area (TPSA) is 76.0 Å². The molecule has 2 aliphatic rings. The Balaban J connectivity index is 1.58. The summed E-state index contributed by atoms with van der Waals surface area (Å²) in [6, 6.07) is 13.1. The third-order valence-electron chi connectivity index (χ3n) is 5.87. The Labute approximate surface area is 178 Å². The van der Waals surface area contributed by atoms with Gasteiger partial charge in [0.2, 0.25) is 0 Å². The summed E-state index contributed by atoms with van der Waals surface area (Å²) in [7, 11) is 0. The van der Waals surface area contributed by atoms with Crippen molar-refractivity contribution in [1.82, 2.24) is 9.78 Å². The predicted molar refractivity (Wildman–Crippen MR) is 115 cm³/mol. The minimum atomic E-state index is -0.382. The van der Waals surface area contributed by atoms with E-state index >= 15 is 0 Å². The molecule has 2 N–H and O–H groups in total. The fourth-order valence-electron chi connectivity index (χ4n) is 4.34. The van der Waals surface area contributed by atoms with Gasteiger partial charge in [0.1, 0.15) is 23.2 Å². The Morgan fingerprint density at radius 1 is 1.16 bits per heavy atom. The van der Waals surface area contributed by atoms with E-state index in [1.54, 1.807) is 4.68 Å². The highest BCUT2D eigenvalue weighted by Crippen LogP contribution is 2.42. The molecule has 0 saturated heterocycles. The van der Waals surface area contributed by atoms with Crippen LogP contribution in [-0.2, 0) is 4.79 Å². The number of fused-ring (bicyclic) bond motifs is 1. The van der Waals surface area contributed by atoms with Crippen molar-refractivity contribution in [2.45, 2.75) is 32.2 Å². The van der Waals surface area contributed by atoms with E-state index < -0.39 is 0 Å². The number of benzene rings is 2. The summed E-state index contributed by atoms with van der Waals surface area (Å²) in [4.78, 5) is 25.9. The number of carbonyl (C=O) groups excluding carboxylic acids is 2. The summed E-state index contributed by atoms with van der Waals surface area (Å²) >= 11 is 0. The standard InChI is InChI=1S/C24H21FN4O2/c1-14-5-2-3-6-17(14)22-21-19(7-4-8-20(21)30)28-23-18(13-26-29(22)23)24(31)27-16-11-9-15(25)10-12-16/h2-3,5-6,9-13,22,28H,4,7-8H2,1H3,(H,27,31)/t22-/m1/s1. The zero-order valence-corrected chi connectivity index (χ0v) is 17.0. The van der Waals surface area contributed by atoms with Gasteiger partial charge < -0.3 is 10.6 Å². The number of nitrogens with one attached hydrogen (secondary N) is 2. The number of ketones is 1. The van der Waals surface area contributed by atoms with Gasteiger partial charge in [-0.15, -0.1) is 0 Å². The van der Waals surface area contributed by atoms with Crippen LogP contribution in [0.1, 0.15) is 46.8 Å². The van der Waals surface area contributed by atoms with Gasteiger partial charge in [-0.2, -0.15) is 5.10 Å². The van der Waals surface area contributed by atoms with Gasteiger partial charge >= 0.3 is 0 Å². The van der Waals surface area contributed by atoms with Gasteiger partial charge in [-0.25, -0.2) is 9.07 Å². The van der Waals surface area contributed by atoms with Crippen LogP contribution in [0.15, 0.2) is 66.0 Å². The van der Waals surface area contributed by atoms with Gasteiger partial charge in [-0.1, -0.05) is 24.3 Å². The van der Waals surface area contributed by atoms with Crippen molar-refractivity contribution in [3.8, 4) is 0 Å². The molecular formula is C24H21FN4O2. The number of nitrogens with zero attached hydrogens (tertiary/aromatic N) is 2. The smallest absolute Gasteiger partial charge is 0.261 e. The first-order chi connectivity index (χ1) is 15.0. The summed E-state index contributed by atoms with van der Waals surface area (Å²) < 4.78 is 14.9. The largest absolute Gasteiger partial charge is 0.343 e. The number of anilines is 2. The van der Waals surface area contributed by atoms with Crippen LogP contribution < -0.4 is 10.6 Å². The molecular weight excluding hydrogens is 395 g/mol. The highest BCUT2D eigenvalue weighted by molar-refractivity contribution is 6.08. The van der Waals surface area contributed by atoms with E-state index in [1.807, 2.05) is 31.2 Å². The molecule has 0 radical (unpaired) electrons. The van der Waals surface area contributed by atoms with Crippen molar-refractivity contribution in [3.63, 3.8) is 0 Å². The maximum Gasteiger partial charge on any atom is 0.261 e. The number of Topliss-reactive ketones (excluding diaryl/α,β-unsaturated/α-hetero) is 1. The Morgan fingerprint density at radius 3 is 2.71 bits per heavy atom. The van der Waals surface area contributed by atoms with Gasteiger partial charge in [0.15, 0.2) is 5.78 Å². The number of halogens is 1. The second kappa shape index (κ2) is 7.50. The Morgan fingerprint density at radius 2 is 1.94 bits per heavy atom. The molecule has 1 aliphatic heterocycles. The zero-order valence-electron chi connectivity index (χ0n) is 17.0. The molecule has 31 heavy (non-hydrogen) atoms. The first-order valence-corrected chi connectivity index (χ1v) is 10.3. The molecule has 0 spiro atoms. The maximum absolute atomic E-state index is 13.2. The lowest BCUT2D eigenvalue weighted by atomic mass is 9.84. The van der Waals surface area contributed by atoms with Crippen LogP contribution in [0.2, 0.25) is 0 Å². The second-order valence-electron chi connectivity index (χ2n) is 7.87. The Bertz CT molecular complexity index is 1230. The van der Waals surface area contributed by atoms with Crippen LogP contribution in [0.5, 0.6) is 0 Å². The van der Waals surface area contributed by atoms with Crippen LogP contribution in [-0.4, -0.2) is 21.5 Å². The lowest BCUT2D eigenvalue weighted by Gasteiger charge is -2.34. The molecule has 2 heterocycles. The molecule has 3 aromatic rings. The first-order valence-electron chi connectivity index (χ1n) is 10.3. The number of allylic oxidation sites excluding steroid dienone is 2. The summed E-state index contributed by atoms with van der Waals surface area (Å²) in [6.07, 6.45) is 3.54. The number of hydrogen-bond donors (Lipinski definition) is 2. The lowest BCUT2D eigenvalue weighted by molar-refractivity contribution is -0.116. The van der Waals surface area contributed by atoms with Crippen LogP contribution in [0, 0.1) is 12.7 Å². The summed E-state index contributed by atoms with van der Waals surface area (Å²) in [6.45, 7) is 2.01. The maximum atomic E-state index is 13.2. The Kier molecular flexibility index (Phi) is 4.66. The van der Waals surface area contributed by atoms with Crippen molar-refractivity contribution in [2.24, 2.45) is 0 Å². The fraction of sp³-hybridized carbons (Fsp3) is 0.208. The van der Waals surface area contributed by atoms with Crippen LogP contribution in [0.3, 0.4) is 0 Å². The van der Waals surface area contributed by atoms with Gasteiger partial charge in [0.25, 0.3) is 5.91 Å². The van der Waals surface area contributed by atoms with Gasteiger partial charge in [0, 0.05) is 23.4 Å². The summed E-state index contributed by atoms with van der Waals surface area (Å²) in [5.41, 5.74) is 4.48. The van der Waals surface area contributed by atoms with E-state index in [2.05, 4.69) is 15.7 Å².